The van der Waals surface area contributed by atoms with Crippen LogP contribution in [0.1, 0.15) is 39.0 Å². The second-order valence-electron chi connectivity index (χ2n) is 7.84. The van der Waals surface area contributed by atoms with Gasteiger partial charge in [0, 0.05) is 25.3 Å². The van der Waals surface area contributed by atoms with Gasteiger partial charge in [-0.3, -0.25) is 13.8 Å². The van der Waals surface area contributed by atoms with Crippen LogP contribution in [-0.4, -0.2) is 65.9 Å². The van der Waals surface area contributed by atoms with Crippen LogP contribution in [0.25, 0.3) is 0 Å². The molecule has 0 fully saturated rings. The quantitative estimate of drug-likeness (QED) is 0.120. The average Bonchev–Trinajstić information content (AvgIpc) is 2.67. The van der Waals surface area contributed by atoms with Gasteiger partial charge in [-0.1, -0.05) is 29.7 Å². The molecule has 1 aromatic rings. The molecule has 172 valence electrons. The van der Waals surface area contributed by atoms with E-state index in [1.165, 1.54) is 21.6 Å². The van der Waals surface area contributed by atoms with Gasteiger partial charge in [0.15, 0.2) is 0 Å². The van der Waals surface area contributed by atoms with Gasteiger partial charge >= 0.3 is 7.82 Å². The van der Waals surface area contributed by atoms with Gasteiger partial charge in [-0.15, -0.1) is 0 Å². The van der Waals surface area contributed by atoms with E-state index in [1.807, 2.05) is 18.2 Å². The molecule has 0 aliphatic heterocycles. The summed E-state index contributed by atoms with van der Waals surface area (Å²) >= 11 is 0. The molecule has 0 bridgehead atoms. The lowest BCUT2D eigenvalue weighted by Gasteiger charge is -2.41. The number of carbonyl (C=O) groups excluding carboxylic acids is 1. The Balaban J connectivity index is 2.59. The Morgan fingerprint density at radius 3 is 2.57 bits per heavy atom. The summed E-state index contributed by atoms with van der Waals surface area (Å²) in [6.07, 6.45) is 5.25. The Labute approximate surface area is 187 Å². The smallest absolute Gasteiger partial charge is 0.330 e. The maximum Gasteiger partial charge on any atom is 0.477 e. The molecule has 1 aromatic heterocycles. The summed E-state index contributed by atoms with van der Waals surface area (Å²) in [6.45, 7) is 2.26. The lowest BCUT2D eigenvalue weighted by molar-refractivity contribution is -0.932. The van der Waals surface area contributed by atoms with Gasteiger partial charge in [0.2, 0.25) is 5.78 Å². The zero-order chi connectivity index (χ0) is 22.7. The first kappa shape index (κ1) is 27.6. The van der Waals surface area contributed by atoms with Crippen molar-refractivity contribution < 1.29 is 27.8 Å². The van der Waals surface area contributed by atoms with E-state index >= 15 is 0 Å². The Kier molecular flexibility index (Phi) is 12.1. The number of unbranched alkanes of at least 4 members (excludes halogenated alkanes) is 3. The lowest BCUT2D eigenvalue weighted by atomic mass is 10.1. The van der Waals surface area contributed by atoms with E-state index in [4.69, 9.17) is 14.8 Å². The molecule has 11 heteroatoms. The number of hydrogen-bond acceptors (Lipinski definition) is 8. The molecule has 1 rings (SSSR count). The molecule has 0 spiro atoms. The zero-order valence-electron chi connectivity index (χ0n) is 18.3. The fourth-order valence-electron chi connectivity index (χ4n) is 2.44. The largest absolute Gasteiger partial charge is 0.477 e. The van der Waals surface area contributed by atoms with Crippen molar-refractivity contribution >= 4 is 35.2 Å². The van der Waals surface area contributed by atoms with E-state index in [0.29, 0.717) is 18.7 Å². The monoisotopic (exact) mass is 480 g/mol. The summed E-state index contributed by atoms with van der Waals surface area (Å²) in [5, 5.41) is 0.861. The highest BCUT2D eigenvalue weighted by atomic mass is 33.1. The summed E-state index contributed by atoms with van der Waals surface area (Å²) in [5.74, 6) is 0.265. The number of phosphoric acid groups is 1. The van der Waals surface area contributed by atoms with Crippen molar-refractivity contribution in [3.05, 3.63) is 24.4 Å². The van der Waals surface area contributed by atoms with Crippen LogP contribution < -0.4 is 5.73 Å². The van der Waals surface area contributed by atoms with Crippen molar-refractivity contribution in [2.75, 3.05) is 40.0 Å². The second kappa shape index (κ2) is 13.2. The molecule has 0 radical (unpaired) electrons. The van der Waals surface area contributed by atoms with E-state index in [2.05, 4.69) is 4.98 Å². The van der Waals surface area contributed by atoms with Crippen LogP contribution in [0.2, 0.25) is 0 Å². The normalized spacial score (nSPS) is 16.1. The van der Waals surface area contributed by atoms with Crippen molar-refractivity contribution in [3.63, 3.8) is 0 Å². The van der Waals surface area contributed by atoms with E-state index in [-0.39, 0.29) is 23.3 Å². The Morgan fingerprint density at radius 1 is 1.27 bits per heavy atom. The highest BCUT2D eigenvalue weighted by molar-refractivity contribution is 8.76. The minimum Gasteiger partial charge on any atom is -0.330 e. The third-order valence-corrected chi connectivity index (χ3v) is 8.00. The third kappa shape index (κ3) is 9.78. The number of quaternary nitrogens is 1. The molecule has 0 saturated heterocycles. The summed E-state index contributed by atoms with van der Waals surface area (Å²) in [5.41, 5.74) is 3.93. The lowest BCUT2D eigenvalue weighted by Crippen LogP contribution is -2.61. The predicted molar refractivity (Wildman–Crippen MR) is 123 cm³/mol. The Bertz CT molecular complexity index is 690. The van der Waals surface area contributed by atoms with Crippen molar-refractivity contribution in [3.8, 4) is 0 Å². The number of Topliss-reactive ketones (excluding diaryl/α,β-unsaturated/α-hetero) is 1. The standard InChI is InChI=1S/C19H34N3O5PS2/c1-19(22(2,3)4,27-28(24,25)26-15-10-6-5-8-13-20)17(23)12-16-29-30-18-11-7-9-14-21-18/h7,9,11,14H,5-6,8,10,12-13,15-16,20H2,1-4H3/p+1. The van der Waals surface area contributed by atoms with Gasteiger partial charge < -0.3 is 10.6 Å². The molecule has 2 atom stereocenters. The molecule has 0 aliphatic rings. The topological polar surface area (TPSA) is 112 Å². The molecule has 0 aliphatic carbocycles. The molecule has 8 nitrogen and oxygen atoms in total. The van der Waals surface area contributed by atoms with Gasteiger partial charge in [0.25, 0.3) is 5.72 Å². The van der Waals surface area contributed by atoms with Crippen LogP contribution in [0.3, 0.4) is 0 Å². The van der Waals surface area contributed by atoms with E-state index < -0.39 is 13.5 Å². The number of rotatable bonds is 16. The number of likely N-dealkylation sites (N-methyl/N-ethyl adjacent to an activating group) is 1. The van der Waals surface area contributed by atoms with Crippen LogP contribution in [0, 0.1) is 0 Å². The fourth-order valence-corrected chi connectivity index (χ4v) is 5.52. The molecule has 3 N–H and O–H groups in total. The van der Waals surface area contributed by atoms with Crippen LogP contribution in [0.5, 0.6) is 0 Å². The number of nitrogens with zero attached hydrogens (tertiary/aromatic N) is 2. The average molecular weight is 481 g/mol. The highest BCUT2D eigenvalue weighted by Gasteiger charge is 2.51. The van der Waals surface area contributed by atoms with Crippen molar-refractivity contribution in [1.82, 2.24) is 4.98 Å². The summed E-state index contributed by atoms with van der Waals surface area (Å²) in [6, 6.07) is 5.64. The second-order valence-corrected chi connectivity index (χ2v) is 11.7. The molecular weight excluding hydrogens is 445 g/mol. The van der Waals surface area contributed by atoms with Gasteiger partial charge in [0.05, 0.1) is 27.7 Å². The van der Waals surface area contributed by atoms with Gasteiger partial charge in [-0.2, -0.15) is 0 Å². The molecule has 0 amide bonds. The van der Waals surface area contributed by atoms with E-state index in [0.717, 1.165) is 24.3 Å². The summed E-state index contributed by atoms with van der Waals surface area (Å²) < 4.78 is 23.1. The van der Waals surface area contributed by atoms with Crippen molar-refractivity contribution in [1.29, 1.82) is 0 Å². The number of carbonyl (C=O) groups is 1. The number of hydrogen-bond donors (Lipinski definition) is 2. The van der Waals surface area contributed by atoms with Gasteiger partial charge in [-0.25, -0.2) is 14.1 Å². The highest BCUT2D eigenvalue weighted by Crippen LogP contribution is 2.49. The molecule has 30 heavy (non-hydrogen) atoms. The Hall–Kier alpha value is -0.450. The maximum absolute atomic E-state index is 13.0. The molecular formula is C19H35N3O5PS2+. The van der Waals surface area contributed by atoms with Crippen LogP contribution >= 0.6 is 29.4 Å². The fraction of sp³-hybridized carbons (Fsp3) is 0.684. The molecule has 0 aromatic carbocycles. The molecule has 2 unspecified atom stereocenters. The molecule has 0 saturated carbocycles. The van der Waals surface area contributed by atoms with E-state index in [9.17, 15) is 14.3 Å². The minimum atomic E-state index is -4.39. The minimum absolute atomic E-state index is 0.0360. The number of nitrogens with two attached hydrogens (primary N) is 1. The van der Waals surface area contributed by atoms with Crippen LogP contribution in [0.4, 0.5) is 0 Å². The predicted octanol–water partition coefficient (Wildman–Crippen LogP) is 3.86. The SMILES string of the molecule is CC(OP(=O)(O)OCCCCCCN)(C(=O)CCSSc1ccccn1)[N+](C)(C)C. The Morgan fingerprint density at radius 2 is 1.97 bits per heavy atom. The maximum atomic E-state index is 13.0. The van der Waals surface area contributed by atoms with E-state index in [1.54, 1.807) is 34.3 Å². The first-order chi connectivity index (χ1) is 14.0. The third-order valence-electron chi connectivity index (χ3n) is 4.64. The summed E-state index contributed by atoms with van der Waals surface area (Å²) in [7, 11) is 3.85. The summed E-state index contributed by atoms with van der Waals surface area (Å²) in [4.78, 5) is 27.4. The first-order valence-corrected chi connectivity index (χ1v) is 13.8. The van der Waals surface area contributed by atoms with Crippen LogP contribution in [-0.2, 0) is 18.4 Å². The molecule has 1 heterocycles. The van der Waals surface area contributed by atoms with Gasteiger partial charge in [0.1, 0.15) is 5.03 Å². The zero-order valence-corrected chi connectivity index (χ0v) is 20.8. The number of ketones is 1. The number of phosphoric ester groups is 1. The number of pyridine rings is 1. The van der Waals surface area contributed by atoms with Gasteiger partial charge in [-0.05, 0) is 42.3 Å². The first-order valence-electron chi connectivity index (χ1n) is 9.95. The van der Waals surface area contributed by atoms with Crippen LogP contribution in [0.15, 0.2) is 29.4 Å². The number of aromatic nitrogens is 1. The van der Waals surface area contributed by atoms with Crippen molar-refractivity contribution in [2.45, 2.75) is 49.8 Å². The van der Waals surface area contributed by atoms with Crippen molar-refractivity contribution in [2.24, 2.45) is 5.73 Å².